The summed E-state index contributed by atoms with van der Waals surface area (Å²) in [5.74, 6) is -0.0610. The number of hydrogen-bond acceptors (Lipinski definition) is 5. The van der Waals surface area contributed by atoms with Crippen molar-refractivity contribution in [3.63, 3.8) is 0 Å². The van der Waals surface area contributed by atoms with Crippen LogP contribution in [0.3, 0.4) is 0 Å². The largest absolute Gasteiger partial charge is 0.390 e. The van der Waals surface area contributed by atoms with Gasteiger partial charge in [-0.05, 0) is 12.1 Å². The molecule has 6 nitrogen and oxygen atoms in total. The van der Waals surface area contributed by atoms with Gasteiger partial charge in [-0.1, -0.05) is 18.2 Å². The molecule has 0 radical (unpaired) electrons. The lowest BCUT2D eigenvalue weighted by Gasteiger charge is -2.33. The van der Waals surface area contributed by atoms with Gasteiger partial charge >= 0.3 is 0 Å². The number of carbonyl (C=O) groups excluding carboxylic acids is 1. The van der Waals surface area contributed by atoms with E-state index in [9.17, 15) is 9.90 Å². The van der Waals surface area contributed by atoms with Gasteiger partial charge in [0.1, 0.15) is 0 Å². The molecule has 0 aliphatic carbocycles. The number of ether oxygens (including phenoxy) is 1. The molecule has 2 fully saturated rings. The van der Waals surface area contributed by atoms with Gasteiger partial charge in [-0.15, -0.1) is 0 Å². The van der Waals surface area contributed by atoms with Gasteiger partial charge in [-0.2, -0.15) is 0 Å². The van der Waals surface area contributed by atoms with E-state index in [1.807, 2.05) is 30.3 Å². The van der Waals surface area contributed by atoms with E-state index in [2.05, 4.69) is 9.88 Å². The minimum atomic E-state index is -0.519. The predicted molar refractivity (Wildman–Crippen MR) is 89.8 cm³/mol. The highest BCUT2D eigenvalue weighted by Crippen LogP contribution is 2.23. The van der Waals surface area contributed by atoms with Gasteiger partial charge < -0.3 is 14.7 Å². The Morgan fingerprint density at radius 3 is 2.79 bits per heavy atom. The second kappa shape index (κ2) is 6.47. The number of β-amino-alcohol motifs (C(OH)–C–C–N with tert-alkyl or cyclic N) is 1. The number of aliphatic hydroxyl groups is 1. The lowest BCUT2D eigenvalue weighted by Crippen LogP contribution is -2.49. The van der Waals surface area contributed by atoms with Crippen molar-refractivity contribution in [2.45, 2.75) is 12.1 Å². The molecule has 1 aromatic heterocycles. The molecule has 1 N–H and O–H groups in total. The average molecular weight is 327 g/mol. The van der Waals surface area contributed by atoms with E-state index in [0.29, 0.717) is 37.4 Å². The van der Waals surface area contributed by atoms with Crippen molar-refractivity contribution in [3.05, 3.63) is 42.1 Å². The van der Waals surface area contributed by atoms with Crippen LogP contribution in [0.1, 0.15) is 10.4 Å². The van der Waals surface area contributed by atoms with E-state index in [-0.39, 0.29) is 11.9 Å². The van der Waals surface area contributed by atoms with Gasteiger partial charge in [0.25, 0.3) is 5.91 Å². The number of carbonyl (C=O) groups is 1. The van der Waals surface area contributed by atoms with Crippen LogP contribution in [0, 0.1) is 0 Å². The number of aliphatic hydroxyl groups excluding tert-OH is 1. The molecular weight excluding hydrogens is 306 g/mol. The summed E-state index contributed by atoms with van der Waals surface area (Å²) in [4.78, 5) is 21.3. The maximum atomic E-state index is 13.0. The van der Waals surface area contributed by atoms with Gasteiger partial charge in [-0.3, -0.25) is 14.7 Å². The quantitative estimate of drug-likeness (QED) is 0.882. The summed E-state index contributed by atoms with van der Waals surface area (Å²) in [6.07, 6.45) is 1.18. The van der Waals surface area contributed by atoms with Crippen molar-refractivity contribution >= 4 is 16.8 Å². The Hall–Kier alpha value is -2.02. The summed E-state index contributed by atoms with van der Waals surface area (Å²) >= 11 is 0. The van der Waals surface area contributed by atoms with E-state index in [1.54, 1.807) is 11.1 Å². The number of benzene rings is 1. The molecule has 0 bridgehead atoms. The number of rotatable bonds is 2. The first-order valence-corrected chi connectivity index (χ1v) is 8.37. The molecule has 0 spiro atoms. The molecule has 2 aromatic rings. The van der Waals surface area contributed by atoms with E-state index >= 15 is 0 Å². The fraction of sp³-hybridized carbons (Fsp3) is 0.444. The third kappa shape index (κ3) is 2.77. The zero-order valence-electron chi connectivity index (χ0n) is 13.5. The Labute approximate surface area is 140 Å². The number of amides is 1. The minimum absolute atomic E-state index is 0.0132. The SMILES string of the molecule is O=C(c1cccc2cccnc12)N1C[C@@H](O)[C@H](N2CCOCC2)C1. The lowest BCUT2D eigenvalue weighted by atomic mass is 10.1. The Kier molecular flexibility index (Phi) is 4.18. The van der Waals surface area contributed by atoms with Gasteiger partial charge in [0.15, 0.2) is 0 Å². The second-order valence-corrected chi connectivity index (χ2v) is 6.37. The van der Waals surface area contributed by atoms with Crippen molar-refractivity contribution in [3.8, 4) is 0 Å². The third-order valence-electron chi connectivity index (χ3n) is 4.92. The van der Waals surface area contributed by atoms with Crippen molar-refractivity contribution in [2.24, 2.45) is 0 Å². The van der Waals surface area contributed by atoms with E-state index in [4.69, 9.17) is 4.74 Å². The van der Waals surface area contributed by atoms with Crippen molar-refractivity contribution in [2.75, 3.05) is 39.4 Å². The Balaban J connectivity index is 1.56. The van der Waals surface area contributed by atoms with Crippen LogP contribution in [0.25, 0.3) is 10.9 Å². The second-order valence-electron chi connectivity index (χ2n) is 6.37. The summed E-state index contributed by atoms with van der Waals surface area (Å²) in [6.45, 7) is 3.89. The fourth-order valence-corrected chi connectivity index (χ4v) is 3.65. The molecule has 2 aliphatic rings. The summed E-state index contributed by atoms with van der Waals surface area (Å²) in [6, 6.07) is 9.45. The van der Waals surface area contributed by atoms with E-state index in [1.165, 1.54) is 0 Å². The fourth-order valence-electron chi connectivity index (χ4n) is 3.65. The van der Waals surface area contributed by atoms with Crippen LogP contribution in [-0.4, -0.2) is 77.3 Å². The molecular formula is C18H21N3O3. The summed E-state index contributed by atoms with van der Waals surface area (Å²) in [5, 5.41) is 11.4. The predicted octanol–water partition coefficient (Wildman–Crippen LogP) is 0.752. The Bertz CT molecular complexity index is 740. The van der Waals surface area contributed by atoms with Crippen molar-refractivity contribution in [1.29, 1.82) is 0 Å². The monoisotopic (exact) mass is 327 g/mol. The van der Waals surface area contributed by atoms with Crippen LogP contribution in [0.5, 0.6) is 0 Å². The summed E-state index contributed by atoms with van der Waals surface area (Å²) in [7, 11) is 0. The zero-order valence-corrected chi connectivity index (χ0v) is 13.5. The molecule has 1 amide bonds. The number of hydrogen-bond donors (Lipinski definition) is 1. The van der Waals surface area contributed by atoms with Gasteiger partial charge in [0.05, 0.1) is 36.4 Å². The summed E-state index contributed by atoms with van der Waals surface area (Å²) < 4.78 is 5.37. The lowest BCUT2D eigenvalue weighted by molar-refractivity contribution is -0.00611. The smallest absolute Gasteiger partial charge is 0.256 e. The number of fused-ring (bicyclic) bond motifs is 1. The van der Waals surface area contributed by atoms with Crippen molar-refractivity contribution in [1.82, 2.24) is 14.8 Å². The number of morpholine rings is 1. The number of pyridine rings is 1. The summed E-state index contributed by atoms with van der Waals surface area (Å²) in [5.41, 5.74) is 1.32. The molecule has 3 heterocycles. The van der Waals surface area contributed by atoms with Crippen LogP contribution in [0.2, 0.25) is 0 Å². The molecule has 0 unspecified atom stereocenters. The van der Waals surface area contributed by atoms with Gasteiger partial charge in [-0.25, -0.2) is 0 Å². The highest BCUT2D eigenvalue weighted by Gasteiger charge is 2.38. The molecule has 126 valence electrons. The van der Waals surface area contributed by atoms with Crippen LogP contribution in [-0.2, 0) is 4.74 Å². The molecule has 1 aromatic carbocycles. The first kappa shape index (κ1) is 15.5. The van der Waals surface area contributed by atoms with E-state index < -0.39 is 6.10 Å². The van der Waals surface area contributed by atoms with Gasteiger partial charge in [0.2, 0.25) is 0 Å². The normalized spacial score (nSPS) is 25.3. The Morgan fingerprint density at radius 1 is 1.17 bits per heavy atom. The zero-order chi connectivity index (χ0) is 16.5. The van der Waals surface area contributed by atoms with Crippen molar-refractivity contribution < 1.29 is 14.6 Å². The van der Waals surface area contributed by atoms with Gasteiger partial charge in [0, 0.05) is 37.8 Å². The average Bonchev–Trinajstić information content (AvgIpc) is 3.03. The minimum Gasteiger partial charge on any atom is -0.390 e. The van der Waals surface area contributed by atoms with Crippen LogP contribution < -0.4 is 0 Å². The number of para-hydroxylation sites is 1. The molecule has 4 rings (SSSR count). The molecule has 2 saturated heterocycles. The number of likely N-dealkylation sites (tertiary alicyclic amines) is 1. The first-order valence-electron chi connectivity index (χ1n) is 8.37. The Morgan fingerprint density at radius 2 is 1.96 bits per heavy atom. The molecule has 6 heteroatoms. The maximum Gasteiger partial charge on any atom is 0.256 e. The number of nitrogens with zero attached hydrogens (tertiary/aromatic N) is 3. The highest BCUT2D eigenvalue weighted by atomic mass is 16.5. The molecule has 24 heavy (non-hydrogen) atoms. The topological polar surface area (TPSA) is 65.9 Å². The highest BCUT2D eigenvalue weighted by molar-refractivity contribution is 6.05. The maximum absolute atomic E-state index is 13.0. The van der Waals surface area contributed by atoms with Crippen LogP contribution in [0.4, 0.5) is 0 Å². The van der Waals surface area contributed by atoms with Crippen LogP contribution in [0.15, 0.2) is 36.5 Å². The first-order chi connectivity index (χ1) is 11.7. The number of aromatic nitrogens is 1. The van der Waals surface area contributed by atoms with Crippen LogP contribution >= 0.6 is 0 Å². The molecule has 2 aliphatic heterocycles. The third-order valence-corrected chi connectivity index (χ3v) is 4.92. The molecule has 0 saturated carbocycles. The standard InChI is InChI=1S/C18H21N3O3/c22-16-12-21(11-15(16)20-7-9-24-10-8-20)18(23)14-5-1-3-13-4-2-6-19-17(13)14/h1-6,15-16,22H,7-12H2/t15-,16-/m1/s1. The van der Waals surface area contributed by atoms with E-state index in [0.717, 1.165) is 18.5 Å². The molecule has 2 atom stereocenters.